The molecule has 1 aliphatic heterocycles. The van der Waals surface area contributed by atoms with Gasteiger partial charge in [-0.05, 0) is 49.8 Å². The topological polar surface area (TPSA) is 144 Å². The maximum Gasteiger partial charge on any atom is 0.355 e. The Hall–Kier alpha value is -4.65. The van der Waals surface area contributed by atoms with E-state index in [0.29, 0.717) is 25.2 Å². The molecule has 1 fully saturated rings. The molecule has 41 heavy (non-hydrogen) atoms. The molecule has 0 spiro atoms. The number of nitrogen functional groups attached to an aromatic ring is 1. The van der Waals surface area contributed by atoms with Crippen LogP contribution >= 0.6 is 0 Å². The molecule has 1 amide bonds. The molecule has 0 radical (unpaired) electrons. The fourth-order valence-electron chi connectivity index (χ4n) is 5.15. The van der Waals surface area contributed by atoms with Crippen molar-refractivity contribution in [3.63, 3.8) is 0 Å². The van der Waals surface area contributed by atoms with Gasteiger partial charge in [-0.2, -0.15) is 4.98 Å². The first-order valence-electron chi connectivity index (χ1n) is 12.7. The molecule has 11 nitrogen and oxygen atoms in total. The lowest BCUT2D eigenvalue weighted by molar-refractivity contribution is -0.126. The molecule has 3 aromatic heterocycles. The first kappa shape index (κ1) is 27.9. The molecule has 2 N–H and O–H groups in total. The normalized spacial score (nSPS) is 15.8. The minimum atomic E-state index is -3.80. The number of amides is 1. The van der Waals surface area contributed by atoms with Crippen LogP contribution in [-0.4, -0.2) is 70.7 Å². The Balaban J connectivity index is 1.84. The van der Waals surface area contributed by atoms with Gasteiger partial charge in [0.2, 0.25) is 5.91 Å². The van der Waals surface area contributed by atoms with E-state index in [1.54, 1.807) is 36.1 Å². The van der Waals surface area contributed by atoms with Crippen LogP contribution in [0, 0.1) is 12.7 Å². The molecule has 0 aliphatic carbocycles. The Bertz CT molecular complexity index is 1890. The second-order valence-electron chi connectivity index (χ2n) is 9.90. The lowest BCUT2D eigenvalue weighted by Crippen LogP contribution is -2.54. The number of fused-ring (bicyclic) bond motifs is 1. The first-order chi connectivity index (χ1) is 19.4. The smallest absolute Gasteiger partial charge is 0.355 e. The fourth-order valence-corrected chi connectivity index (χ4v) is 6.08. The fraction of sp³-hybridized carbons (Fsp3) is 0.250. The molecule has 1 saturated heterocycles. The summed E-state index contributed by atoms with van der Waals surface area (Å²) in [7, 11) is -3.80. The van der Waals surface area contributed by atoms with E-state index in [2.05, 4.69) is 21.5 Å². The SMILES string of the molecule is C=CC(=O)N1CCN(c2nc(=O)n(-c3c(C)cccc3S(C)(=O)=O)c3nc(-c4cccnc4N)c(F)cc23)[C@@H](C)C1. The number of hydrogen-bond donors (Lipinski definition) is 1. The number of rotatable bonds is 5. The minimum Gasteiger partial charge on any atom is -0.383 e. The highest BCUT2D eigenvalue weighted by Gasteiger charge is 2.31. The number of nitrogens with two attached hydrogens (primary N) is 1. The van der Waals surface area contributed by atoms with Gasteiger partial charge in [-0.25, -0.2) is 32.1 Å². The third kappa shape index (κ3) is 4.92. The molecule has 0 saturated carbocycles. The van der Waals surface area contributed by atoms with E-state index in [4.69, 9.17) is 5.73 Å². The van der Waals surface area contributed by atoms with Gasteiger partial charge in [-0.1, -0.05) is 18.7 Å². The van der Waals surface area contributed by atoms with E-state index in [1.165, 1.54) is 24.4 Å². The van der Waals surface area contributed by atoms with Gasteiger partial charge in [0.15, 0.2) is 21.3 Å². The van der Waals surface area contributed by atoms with E-state index < -0.39 is 21.3 Å². The number of pyridine rings is 2. The van der Waals surface area contributed by atoms with Gasteiger partial charge in [0, 0.05) is 43.7 Å². The van der Waals surface area contributed by atoms with Crippen molar-refractivity contribution < 1.29 is 17.6 Å². The van der Waals surface area contributed by atoms with Crippen molar-refractivity contribution in [2.24, 2.45) is 0 Å². The highest BCUT2D eigenvalue weighted by Crippen LogP contribution is 2.34. The van der Waals surface area contributed by atoms with Crippen molar-refractivity contribution in [2.45, 2.75) is 24.8 Å². The van der Waals surface area contributed by atoms with Crippen LogP contribution in [0.4, 0.5) is 16.0 Å². The van der Waals surface area contributed by atoms with Crippen molar-refractivity contribution in [3.05, 3.63) is 77.1 Å². The number of sulfone groups is 1. The third-order valence-electron chi connectivity index (χ3n) is 7.10. The lowest BCUT2D eigenvalue weighted by atomic mass is 10.1. The maximum atomic E-state index is 15.8. The number of halogens is 1. The van der Waals surface area contributed by atoms with Gasteiger partial charge in [0.1, 0.15) is 17.3 Å². The van der Waals surface area contributed by atoms with E-state index in [1.807, 2.05) is 11.8 Å². The van der Waals surface area contributed by atoms with Crippen LogP contribution in [0.3, 0.4) is 0 Å². The minimum absolute atomic E-state index is 0.00403. The summed E-state index contributed by atoms with van der Waals surface area (Å²) in [6.07, 6.45) is 3.74. The quantitative estimate of drug-likeness (QED) is 0.354. The second kappa shape index (κ2) is 10.4. The molecule has 1 atom stereocenters. The number of anilines is 2. The van der Waals surface area contributed by atoms with E-state index in [9.17, 15) is 18.0 Å². The molecular formula is C28H28FN7O4S. The Labute approximate surface area is 235 Å². The van der Waals surface area contributed by atoms with E-state index in [0.717, 1.165) is 10.8 Å². The summed E-state index contributed by atoms with van der Waals surface area (Å²) in [4.78, 5) is 42.3. The Morgan fingerprint density at radius 1 is 1.20 bits per heavy atom. The first-order valence-corrected chi connectivity index (χ1v) is 14.6. The molecule has 4 aromatic rings. The van der Waals surface area contributed by atoms with Gasteiger partial charge in [-0.15, -0.1) is 0 Å². The van der Waals surface area contributed by atoms with E-state index in [-0.39, 0.29) is 56.5 Å². The molecule has 4 heterocycles. The average Bonchev–Trinajstić information content (AvgIpc) is 2.92. The van der Waals surface area contributed by atoms with Crippen LogP contribution in [0.15, 0.2) is 64.9 Å². The molecular weight excluding hydrogens is 549 g/mol. The predicted molar refractivity (Wildman–Crippen MR) is 154 cm³/mol. The summed E-state index contributed by atoms with van der Waals surface area (Å²) in [6.45, 7) is 8.03. The highest BCUT2D eigenvalue weighted by atomic mass is 32.2. The largest absolute Gasteiger partial charge is 0.383 e. The van der Waals surface area contributed by atoms with Crippen LogP contribution in [0.5, 0.6) is 0 Å². The van der Waals surface area contributed by atoms with Gasteiger partial charge in [-0.3, -0.25) is 4.79 Å². The van der Waals surface area contributed by atoms with Crippen LogP contribution in [0.1, 0.15) is 12.5 Å². The van der Waals surface area contributed by atoms with Crippen molar-refractivity contribution in [1.29, 1.82) is 0 Å². The zero-order chi connectivity index (χ0) is 29.6. The van der Waals surface area contributed by atoms with Crippen LogP contribution in [-0.2, 0) is 14.6 Å². The number of benzene rings is 1. The van der Waals surface area contributed by atoms with Crippen LogP contribution in [0.25, 0.3) is 28.0 Å². The number of piperazine rings is 1. The van der Waals surface area contributed by atoms with Gasteiger partial charge in [0.05, 0.1) is 16.0 Å². The van der Waals surface area contributed by atoms with Crippen LogP contribution < -0.4 is 16.3 Å². The highest BCUT2D eigenvalue weighted by molar-refractivity contribution is 7.90. The monoisotopic (exact) mass is 577 g/mol. The average molecular weight is 578 g/mol. The standard InChI is InChI=1S/C28H28FN7O4S/c1-5-22(37)34-12-13-35(17(3)15-34)26-19-14-20(29)23(18-9-7-11-31-25(18)30)32-27(19)36(28(38)33-26)24-16(2)8-6-10-21(24)41(4,39)40/h5-11,14,17H,1,12-13,15H2,2-4H3,(H2,30,31)/t17-/m0/s1. The molecule has 5 rings (SSSR count). The predicted octanol–water partition coefficient (Wildman–Crippen LogP) is 2.50. The number of aryl methyl sites for hydroxylation is 1. The maximum absolute atomic E-state index is 15.8. The zero-order valence-corrected chi connectivity index (χ0v) is 23.5. The van der Waals surface area contributed by atoms with E-state index >= 15 is 4.39 Å². The number of nitrogens with zero attached hydrogens (tertiary/aromatic N) is 6. The van der Waals surface area contributed by atoms with Crippen molar-refractivity contribution >= 4 is 38.4 Å². The number of para-hydroxylation sites is 1. The summed E-state index contributed by atoms with van der Waals surface area (Å²) in [6, 6.07) is 8.69. The molecule has 1 aliphatic rings. The molecule has 1 aromatic carbocycles. The molecule has 0 unspecified atom stereocenters. The Kier molecular flexibility index (Phi) is 7.07. The van der Waals surface area contributed by atoms with Gasteiger partial charge in [0.25, 0.3) is 0 Å². The van der Waals surface area contributed by atoms with Crippen molar-refractivity contribution in [2.75, 3.05) is 36.5 Å². The number of carbonyl (C=O) groups excluding carboxylic acids is 1. The van der Waals surface area contributed by atoms with Crippen molar-refractivity contribution in [1.82, 2.24) is 24.4 Å². The summed E-state index contributed by atoms with van der Waals surface area (Å²) >= 11 is 0. The molecule has 212 valence electrons. The van der Waals surface area contributed by atoms with Crippen LogP contribution in [0.2, 0.25) is 0 Å². The summed E-state index contributed by atoms with van der Waals surface area (Å²) in [5, 5.41) is 0.186. The Morgan fingerprint density at radius 3 is 2.61 bits per heavy atom. The zero-order valence-electron chi connectivity index (χ0n) is 22.7. The molecule has 0 bridgehead atoms. The second-order valence-corrected chi connectivity index (χ2v) is 11.9. The third-order valence-corrected chi connectivity index (χ3v) is 8.23. The summed E-state index contributed by atoms with van der Waals surface area (Å²) in [5.41, 5.74) is 5.84. The summed E-state index contributed by atoms with van der Waals surface area (Å²) in [5.74, 6) is -0.743. The van der Waals surface area contributed by atoms with Gasteiger partial charge < -0.3 is 15.5 Å². The number of aromatic nitrogens is 4. The molecule has 13 heteroatoms. The number of hydrogen-bond acceptors (Lipinski definition) is 9. The van der Waals surface area contributed by atoms with Gasteiger partial charge >= 0.3 is 5.69 Å². The number of carbonyl (C=O) groups is 1. The Morgan fingerprint density at radius 2 is 1.95 bits per heavy atom. The lowest BCUT2D eigenvalue weighted by Gasteiger charge is -2.40. The summed E-state index contributed by atoms with van der Waals surface area (Å²) < 4.78 is 42.5. The van der Waals surface area contributed by atoms with Crippen molar-refractivity contribution in [3.8, 4) is 16.9 Å².